The van der Waals surface area contributed by atoms with Crippen LogP contribution in [0, 0.1) is 5.92 Å². The molecule has 0 N–H and O–H groups in total. The van der Waals surface area contributed by atoms with Crippen molar-refractivity contribution in [3.8, 4) is 5.75 Å². The summed E-state index contributed by atoms with van der Waals surface area (Å²) in [7, 11) is 1.79. The lowest BCUT2D eigenvalue weighted by Gasteiger charge is -2.60. The molecule has 1 saturated carbocycles. The first-order chi connectivity index (χ1) is 18.7. The minimum absolute atomic E-state index is 0.0430. The van der Waals surface area contributed by atoms with E-state index in [4.69, 9.17) is 9.47 Å². The van der Waals surface area contributed by atoms with Crippen molar-refractivity contribution < 1.29 is 9.47 Å². The Labute approximate surface area is 227 Å². The van der Waals surface area contributed by atoms with Gasteiger partial charge in [-0.3, -0.25) is 9.80 Å². The van der Waals surface area contributed by atoms with E-state index in [0.717, 1.165) is 44.2 Å². The molecule has 7 rings (SSSR count). The molecule has 198 valence electrons. The SMILES string of the molecule is COc1ccc2c(c1)[C@]13CCN(CC4CC4)[C@H](C2)C1OCC(N(Cc1ccccc1)Cc1ccccc1)C3. The zero-order valence-corrected chi connectivity index (χ0v) is 22.6. The Morgan fingerprint density at radius 3 is 2.32 bits per heavy atom. The van der Waals surface area contributed by atoms with Crippen molar-refractivity contribution in [3.63, 3.8) is 0 Å². The van der Waals surface area contributed by atoms with Gasteiger partial charge >= 0.3 is 0 Å². The summed E-state index contributed by atoms with van der Waals surface area (Å²) in [6.45, 7) is 5.12. The summed E-state index contributed by atoms with van der Waals surface area (Å²) in [4.78, 5) is 5.47. The monoisotopic (exact) mass is 508 g/mol. The molecule has 0 aromatic heterocycles. The molecule has 3 fully saturated rings. The van der Waals surface area contributed by atoms with E-state index in [9.17, 15) is 0 Å². The highest BCUT2D eigenvalue weighted by Gasteiger charge is 2.57. The maximum absolute atomic E-state index is 7.05. The van der Waals surface area contributed by atoms with E-state index >= 15 is 0 Å². The number of fused-ring (bicyclic) bond motifs is 1. The molecule has 4 atom stereocenters. The number of rotatable bonds is 8. The molecule has 4 nitrogen and oxygen atoms in total. The Morgan fingerprint density at radius 2 is 1.66 bits per heavy atom. The fourth-order valence-corrected chi connectivity index (χ4v) is 7.62. The molecule has 3 aromatic carbocycles. The van der Waals surface area contributed by atoms with Crippen molar-refractivity contribution in [2.24, 2.45) is 5.92 Å². The summed E-state index contributed by atoms with van der Waals surface area (Å²) in [6, 6.07) is 29.6. The van der Waals surface area contributed by atoms with E-state index in [-0.39, 0.29) is 11.5 Å². The smallest absolute Gasteiger partial charge is 0.119 e. The molecular formula is C34H40N2O2. The van der Waals surface area contributed by atoms with Crippen molar-refractivity contribution >= 4 is 0 Å². The Bertz CT molecular complexity index is 1200. The van der Waals surface area contributed by atoms with Crippen molar-refractivity contribution in [2.75, 3.05) is 26.8 Å². The van der Waals surface area contributed by atoms with Crippen molar-refractivity contribution in [1.29, 1.82) is 0 Å². The van der Waals surface area contributed by atoms with Crippen LogP contribution in [-0.4, -0.2) is 54.8 Å². The summed E-state index contributed by atoms with van der Waals surface area (Å²) in [5.74, 6) is 1.88. The Hall–Kier alpha value is -2.66. The lowest BCUT2D eigenvalue weighted by Crippen LogP contribution is -2.68. The molecule has 2 aliphatic carbocycles. The molecule has 2 aliphatic heterocycles. The fraction of sp³-hybridized carbons (Fsp3) is 0.471. The molecule has 4 aliphatic rings. The predicted octanol–water partition coefficient (Wildman–Crippen LogP) is 5.83. The van der Waals surface area contributed by atoms with E-state index in [0.29, 0.717) is 12.1 Å². The Kier molecular flexibility index (Phi) is 6.51. The highest BCUT2D eigenvalue weighted by molar-refractivity contribution is 5.46. The maximum atomic E-state index is 7.05. The van der Waals surface area contributed by atoms with E-state index in [1.807, 2.05) is 0 Å². The number of piperidine rings is 1. The molecule has 0 spiro atoms. The Balaban J connectivity index is 1.24. The molecular weight excluding hydrogens is 468 g/mol. The number of ether oxygens (including phenoxy) is 2. The number of hydrogen-bond donors (Lipinski definition) is 0. The third-order valence-electron chi connectivity index (χ3n) is 9.72. The van der Waals surface area contributed by atoms with Crippen LogP contribution in [0.15, 0.2) is 78.9 Å². The highest BCUT2D eigenvalue weighted by atomic mass is 16.5. The maximum Gasteiger partial charge on any atom is 0.119 e. The van der Waals surface area contributed by atoms with Gasteiger partial charge in [0.05, 0.1) is 19.8 Å². The van der Waals surface area contributed by atoms with Crippen molar-refractivity contribution in [1.82, 2.24) is 9.80 Å². The molecule has 2 saturated heterocycles. The van der Waals surface area contributed by atoms with Crippen LogP contribution in [0.4, 0.5) is 0 Å². The minimum Gasteiger partial charge on any atom is -0.497 e. The largest absolute Gasteiger partial charge is 0.497 e. The summed E-state index contributed by atoms with van der Waals surface area (Å²) in [5, 5.41) is 0. The average molecular weight is 509 g/mol. The van der Waals surface area contributed by atoms with Crippen LogP contribution in [0.3, 0.4) is 0 Å². The molecule has 2 bridgehead atoms. The Morgan fingerprint density at radius 1 is 0.947 bits per heavy atom. The van der Waals surface area contributed by atoms with Gasteiger partial charge in [-0.15, -0.1) is 0 Å². The van der Waals surface area contributed by atoms with Gasteiger partial charge in [0.25, 0.3) is 0 Å². The van der Waals surface area contributed by atoms with E-state index in [2.05, 4.69) is 88.7 Å². The second-order valence-corrected chi connectivity index (χ2v) is 12.1. The normalized spacial score (nSPS) is 28.5. The molecule has 2 unspecified atom stereocenters. The molecule has 4 heteroatoms. The first-order valence-corrected chi connectivity index (χ1v) is 14.6. The van der Waals surface area contributed by atoms with Crippen LogP contribution in [-0.2, 0) is 29.7 Å². The van der Waals surface area contributed by atoms with Gasteiger partial charge < -0.3 is 9.47 Å². The van der Waals surface area contributed by atoms with Gasteiger partial charge in [0.15, 0.2) is 0 Å². The average Bonchev–Trinajstić information content (AvgIpc) is 3.79. The van der Waals surface area contributed by atoms with Gasteiger partial charge in [0, 0.05) is 37.1 Å². The molecule has 0 amide bonds. The summed E-state index contributed by atoms with van der Waals surface area (Å²) >= 11 is 0. The second kappa shape index (κ2) is 10.1. The van der Waals surface area contributed by atoms with Crippen LogP contribution in [0.2, 0.25) is 0 Å². The quantitative estimate of drug-likeness (QED) is 0.382. The number of likely N-dealkylation sites (tertiary alicyclic amines) is 1. The lowest BCUT2D eigenvalue weighted by atomic mass is 9.58. The molecule has 0 radical (unpaired) electrons. The molecule has 3 aromatic rings. The lowest BCUT2D eigenvalue weighted by molar-refractivity contribution is -0.154. The second-order valence-electron chi connectivity index (χ2n) is 12.1. The van der Waals surface area contributed by atoms with Crippen LogP contribution < -0.4 is 4.74 Å². The zero-order chi connectivity index (χ0) is 25.5. The van der Waals surface area contributed by atoms with Gasteiger partial charge in [0.1, 0.15) is 5.75 Å². The predicted molar refractivity (Wildman–Crippen MR) is 151 cm³/mol. The van der Waals surface area contributed by atoms with Gasteiger partial charge in [-0.05, 0) is 79.0 Å². The number of nitrogens with zero attached hydrogens (tertiary/aromatic N) is 2. The molecule has 38 heavy (non-hydrogen) atoms. The van der Waals surface area contributed by atoms with E-state index < -0.39 is 0 Å². The molecule has 2 heterocycles. The number of benzene rings is 3. The first-order valence-electron chi connectivity index (χ1n) is 14.6. The fourth-order valence-electron chi connectivity index (χ4n) is 7.62. The van der Waals surface area contributed by atoms with Crippen LogP contribution in [0.25, 0.3) is 0 Å². The van der Waals surface area contributed by atoms with Crippen molar-refractivity contribution in [2.45, 2.75) is 68.8 Å². The van der Waals surface area contributed by atoms with Crippen LogP contribution in [0.5, 0.6) is 5.75 Å². The van der Waals surface area contributed by atoms with E-state index in [1.165, 1.54) is 54.6 Å². The van der Waals surface area contributed by atoms with Gasteiger partial charge in [0.2, 0.25) is 0 Å². The first kappa shape index (κ1) is 24.4. The summed E-state index contributed by atoms with van der Waals surface area (Å²) in [5.41, 5.74) is 5.78. The summed E-state index contributed by atoms with van der Waals surface area (Å²) in [6.07, 6.45) is 6.49. The van der Waals surface area contributed by atoms with Gasteiger partial charge in [-0.2, -0.15) is 0 Å². The topological polar surface area (TPSA) is 24.9 Å². The summed E-state index contributed by atoms with van der Waals surface area (Å²) < 4.78 is 12.8. The highest BCUT2D eigenvalue weighted by Crippen LogP contribution is 2.53. The van der Waals surface area contributed by atoms with Crippen molar-refractivity contribution in [3.05, 3.63) is 101 Å². The van der Waals surface area contributed by atoms with Crippen LogP contribution >= 0.6 is 0 Å². The third-order valence-corrected chi connectivity index (χ3v) is 9.72. The van der Waals surface area contributed by atoms with Crippen LogP contribution in [0.1, 0.15) is 47.9 Å². The zero-order valence-electron chi connectivity index (χ0n) is 22.6. The van der Waals surface area contributed by atoms with Gasteiger partial charge in [-0.1, -0.05) is 66.7 Å². The number of hydrogen-bond acceptors (Lipinski definition) is 4. The van der Waals surface area contributed by atoms with E-state index in [1.54, 1.807) is 7.11 Å². The standard InChI is InChI=1S/C34H40N2O2/c1-37-30-15-14-28-18-32-33-34(31(28)19-30,16-17-35(32)21-27-12-13-27)20-29(24-38-33)36(22-25-8-4-2-5-9-25)23-26-10-6-3-7-11-26/h2-11,14-15,19,27,29,32-33H,12-13,16-18,20-24H2,1H3/t29?,32-,33?,34-/m1/s1. The minimum atomic E-state index is 0.0430. The third kappa shape index (κ3) is 4.57. The van der Waals surface area contributed by atoms with Gasteiger partial charge in [-0.25, -0.2) is 0 Å². The number of methoxy groups -OCH3 is 1.